The minimum Gasteiger partial charge on any atom is -0.354 e. The predicted octanol–water partition coefficient (Wildman–Crippen LogP) is 1.80. The summed E-state index contributed by atoms with van der Waals surface area (Å²) in [6, 6.07) is 0. The summed E-state index contributed by atoms with van der Waals surface area (Å²) >= 11 is 0. The Hall–Kier alpha value is -1.98. The van der Waals surface area contributed by atoms with Gasteiger partial charge in [-0.15, -0.1) is 0 Å². The van der Waals surface area contributed by atoms with Crippen molar-refractivity contribution in [3.63, 3.8) is 0 Å². The van der Waals surface area contributed by atoms with Crippen molar-refractivity contribution in [3.05, 3.63) is 30.2 Å². The molecule has 0 fully saturated rings. The average molecular weight is 235 g/mol. The molecule has 2 aromatic heterocycles. The molecule has 0 amide bonds. The lowest BCUT2D eigenvalue weighted by Crippen LogP contribution is -2.09. The fourth-order valence-corrected chi connectivity index (χ4v) is 1.56. The number of aryl methyl sites for hydroxylation is 1. The third kappa shape index (κ3) is 2.25. The Balaban J connectivity index is 2.46. The zero-order valence-corrected chi connectivity index (χ0v) is 9.81. The summed E-state index contributed by atoms with van der Waals surface area (Å²) in [5, 5.41) is 2.95. The summed E-state index contributed by atoms with van der Waals surface area (Å²) in [6.45, 7) is 4.58. The maximum atomic E-state index is 13.7. The van der Waals surface area contributed by atoms with Crippen LogP contribution in [0.25, 0.3) is 5.82 Å². The molecule has 6 heteroatoms. The van der Waals surface area contributed by atoms with Gasteiger partial charge in [0.25, 0.3) is 0 Å². The number of hydrogen-bond acceptors (Lipinski definition) is 4. The maximum absolute atomic E-state index is 13.7. The van der Waals surface area contributed by atoms with Crippen LogP contribution < -0.4 is 5.32 Å². The second kappa shape index (κ2) is 4.90. The standard InChI is InChI=1S/C11H14FN5/c1-3-9-14-5-6-17(9)10-8(12)7-15-11(16-10)13-4-2/h5-7H,3-4H2,1-2H3,(H,13,15,16). The van der Waals surface area contributed by atoms with Crippen LogP contribution in [0.15, 0.2) is 18.6 Å². The summed E-state index contributed by atoms with van der Waals surface area (Å²) in [7, 11) is 0. The predicted molar refractivity (Wildman–Crippen MR) is 62.7 cm³/mol. The molecule has 0 aromatic carbocycles. The van der Waals surface area contributed by atoms with E-state index in [-0.39, 0.29) is 5.82 Å². The van der Waals surface area contributed by atoms with E-state index >= 15 is 0 Å². The lowest BCUT2D eigenvalue weighted by Gasteiger charge is -2.08. The van der Waals surface area contributed by atoms with E-state index in [1.807, 2.05) is 13.8 Å². The van der Waals surface area contributed by atoms with Crippen molar-refractivity contribution in [2.24, 2.45) is 0 Å². The van der Waals surface area contributed by atoms with Gasteiger partial charge in [-0.2, -0.15) is 4.98 Å². The highest BCUT2D eigenvalue weighted by Gasteiger charge is 2.11. The van der Waals surface area contributed by atoms with E-state index in [4.69, 9.17) is 0 Å². The van der Waals surface area contributed by atoms with Crippen LogP contribution in [0, 0.1) is 5.82 Å². The first-order valence-electron chi connectivity index (χ1n) is 5.55. The van der Waals surface area contributed by atoms with Gasteiger partial charge in [0.05, 0.1) is 6.20 Å². The molecule has 2 aromatic rings. The first-order chi connectivity index (χ1) is 8.26. The first kappa shape index (κ1) is 11.5. The molecule has 0 aliphatic carbocycles. The molecule has 0 spiro atoms. The van der Waals surface area contributed by atoms with Gasteiger partial charge in [-0.05, 0) is 6.92 Å². The van der Waals surface area contributed by atoms with Crippen molar-refractivity contribution in [1.82, 2.24) is 19.5 Å². The third-order valence-electron chi connectivity index (χ3n) is 2.32. The van der Waals surface area contributed by atoms with Crippen LogP contribution in [-0.2, 0) is 6.42 Å². The molecule has 0 bridgehead atoms. The smallest absolute Gasteiger partial charge is 0.224 e. The molecule has 0 saturated carbocycles. The lowest BCUT2D eigenvalue weighted by atomic mass is 10.4. The number of halogens is 1. The Morgan fingerprint density at radius 2 is 2.18 bits per heavy atom. The van der Waals surface area contributed by atoms with Gasteiger partial charge >= 0.3 is 0 Å². The normalized spacial score (nSPS) is 10.5. The molecule has 90 valence electrons. The highest BCUT2D eigenvalue weighted by Crippen LogP contribution is 2.14. The van der Waals surface area contributed by atoms with Gasteiger partial charge in [-0.1, -0.05) is 6.92 Å². The number of rotatable bonds is 4. The van der Waals surface area contributed by atoms with Crippen molar-refractivity contribution < 1.29 is 4.39 Å². The lowest BCUT2D eigenvalue weighted by molar-refractivity contribution is 0.599. The first-order valence-corrected chi connectivity index (χ1v) is 5.55. The number of imidazole rings is 1. The quantitative estimate of drug-likeness (QED) is 0.877. The van der Waals surface area contributed by atoms with Crippen LogP contribution in [0.2, 0.25) is 0 Å². The van der Waals surface area contributed by atoms with E-state index in [2.05, 4.69) is 20.3 Å². The van der Waals surface area contributed by atoms with E-state index in [0.29, 0.717) is 18.9 Å². The fourth-order valence-electron chi connectivity index (χ4n) is 1.56. The van der Waals surface area contributed by atoms with Crippen LogP contribution >= 0.6 is 0 Å². The minimum absolute atomic E-state index is 0.227. The molecular weight excluding hydrogens is 221 g/mol. The zero-order chi connectivity index (χ0) is 12.3. The molecule has 1 N–H and O–H groups in total. The maximum Gasteiger partial charge on any atom is 0.224 e. The summed E-state index contributed by atoms with van der Waals surface area (Å²) in [5.41, 5.74) is 0. The second-order valence-corrected chi connectivity index (χ2v) is 3.46. The summed E-state index contributed by atoms with van der Waals surface area (Å²) in [4.78, 5) is 12.1. The third-order valence-corrected chi connectivity index (χ3v) is 2.32. The SMILES string of the molecule is CCNc1ncc(F)c(-n2ccnc2CC)n1. The number of hydrogen-bond donors (Lipinski definition) is 1. The number of nitrogens with zero attached hydrogens (tertiary/aromatic N) is 4. The van der Waals surface area contributed by atoms with Crippen molar-refractivity contribution in [1.29, 1.82) is 0 Å². The fraction of sp³-hybridized carbons (Fsp3) is 0.364. The van der Waals surface area contributed by atoms with Crippen LogP contribution in [0.3, 0.4) is 0 Å². The molecule has 2 rings (SSSR count). The van der Waals surface area contributed by atoms with Crippen LogP contribution in [0.4, 0.5) is 10.3 Å². The van der Waals surface area contributed by atoms with Gasteiger partial charge in [-0.3, -0.25) is 4.57 Å². The van der Waals surface area contributed by atoms with Crippen molar-refractivity contribution in [3.8, 4) is 5.82 Å². The van der Waals surface area contributed by atoms with Gasteiger partial charge in [0.2, 0.25) is 5.95 Å². The highest BCUT2D eigenvalue weighted by molar-refractivity contribution is 5.34. The number of aromatic nitrogens is 4. The molecule has 5 nitrogen and oxygen atoms in total. The van der Waals surface area contributed by atoms with Gasteiger partial charge in [-0.25, -0.2) is 14.4 Å². The largest absolute Gasteiger partial charge is 0.354 e. The topological polar surface area (TPSA) is 55.6 Å². The van der Waals surface area contributed by atoms with Gasteiger partial charge in [0.1, 0.15) is 5.82 Å². The van der Waals surface area contributed by atoms with Gasteiger partial charge in [0.15, 0.2) is 11.6 Å². The zero-order valence-electron chi connectivity index (χ0n) is 9.81. The van der Waals surface area contributed by atoms with E-state index < -0.39 is 5.82 Å². The second-order valence-electron chi connectivity index (χ2n) is 3.46. The van der Waals surface area contributed by atoms with Crippen molar-refractivity contribution in [2.75, 3.05) is 11.9 Å². The van der Waals surface area contributed by atoms with Crippen LogP contribution in [0.1, 0.15) is 19.7 Å². The van der Waals surface area contributed by atoms with E-state index in [9.17, 15) is 4.39 Å². The Kier molecular flexibility index (Phi) is 3.32. The summed E-state index contributed by atoms with van der Waals surface area (Å²) in [6.07, 6.45) is 5.21. The van der Waals surface area contributed by atoms with Gasteiger partial charge in [0, 0.05) is 25.4 Å². The van der Waals surface area contributed by atoms with Crippen molar-refractivity contribution in [2.45, 2.75) is 20.3 Å². The molecule has 0 radical (unpaired) electrons. The van der Waals surface area contributed by atoms with Crippen LogP contribution in [-0.4, -0.2) is 26.1 Å². The monoisotopic (exact) mass is 235 g/mol. The van der Waals surface area contributed by atoms with E-state index in [0.717, 1.165) is 5.82 Å². The Morgan fingerprint density at radius 1 is 1.35 bits per heavy atom. The summed E-state index contributed by atoms with van der Waals surface area (Å²) < 4.78 is 15.3. The average Bonchev–Trinajstić information content (AvgIpc) is 2.80. The molecule has 2 heterocycles. The molecular formula is C11H14FN5. The van der Waals surface area contributed by atoms with E-state index in [1.165, 1.54) is 6.20 Å². The van der Waals surface area contributed by atoms with Crippen LogP contribution in [0.5, 0.6) is 0 Å². The molecule has 0 saturated heterocycles. The van der Waals surface area contributed by atoms with E-state index in [1.54, 1.807) is 17.0 Å². The Bertz CT molecular complexity index is 508. The molecule has 0 unspecified atom stereocenters. The number of anilines is 1. The highest BCUT2D eigenvalue weighted by atomic mass is 19.1. The molecule has 17 heavy (non-hydrogen) atoms. The van der Waals surface area contributed by atoms with Crippen molar-refractivity contribution >= 4 is 5.95 Å². The molecule has 0 atom stereocenters. The number of nitrogens with one attached hydrogen (secondary N) is 1. The molecule has 0 aliphatic rings. The molecule has 0 aliphatic heterocycles. The van der Waals surface area contributed by atoms with Gasteiger partial charge < -0.3 is 5.32 Å². The minimum atomic E-state index is -0.459. The Labute approximate surface area is 98.7 Å². The Morgan fingerprint density at radius 3 is 2.88 bits per heavy atom. The summed E-state index contributed by atoms with van der Waals surface area (Å²) in [5.74, 6) is 0.953.